The molecule has 0 aliphatic carbocycles. The molecule has 0 aromatic carbocycles. The van der Waals surface area contributed by atoms with E-state index in [1.165, 1.54) is 6.42 Å². The Kier molecular flexibility index (Phi) is 7.85. The van der Waals surface area contributed by atoms with E-state index >= 15 is 0 Å². The van der Waals surface area contributed by atoms with Crippen molar-refractivity contribution in [2.75, 3.05) is 20.0 Å². The Morgan fingerprint density at radius 3 is 2.67 bits per heavy atom. The summed E-state index contributed by atoms with van der Waals surface area (Å²) in [5.74, 6) is 0. The highest BCUT2D eigenvalue weighted by atomic mass is 16.7. The fourth-order valence-corrected chi connectivity index (χ4v) is 0.423. The summed E-state index contributed by atoms with van der Waals surface area (Å²) in [6, 6.07) is 0. The van der Waals surface area contributed by atoms with Crippen LogP contribution >= 0.6 is 0 Å². The van der Waals surface area contributed by atoms with Crippen LogP contribution in [0.25, 0.3) is 0 Å². The van der Waals surface area contributed by atoms with E-state index in [0.29, 0.717) is 13.4 Å². The number of ether oxygens (including phenoxy) is 2. The van der Waals surface area contributed by atoms with Crippen LogP contribution in [-0.2, 0) is 9.47 Å². The molecule has 0 rings (SSSR count). The van der Waals surface area contributed by atoms with Crippen LogP contribution in [0, 0.1) is 6.92 Å². The molecular weight excluding hydrogens is 116 g/mol. The summed E-state index contributed by atoms with van der Waals surface area (Å²) in [7, 11) is 0. The summed E-state index contributed by atoms with van der Waals surface area (Å²) in [6.45, 7) is 7.32. The fourth-order valence-electron chi connectivity index (χ4n) is 0.423. The largest absolute Gasteiger partial charge is 0.355 e. The summed E-state index contributed by atoms with van der Waals surface area (Å²) in [4.78, 5) is 0. The molecule has 0 atom stereocenters. The predicted molar refractivity (Wildman–Crippen MR) is 37.0 cm³/mol. The molecule has 55 valence electrons. The molecule has 2 nitrogen and oxygen atoms in total. The first-order valence-electron chi connectivity index (χ1n) is 3.36. The van der Waals surface area contributed by atoms with Gasteiger partial charge < -0.3 is 9.47 Å². The summed E-state index contributed by atoms with van der Waals surface area (Å²) < 4.78 is 9.90. The fraction of sp³-hybridized carbons (Fsp3) is 0.857. The van der Waals surface area contributed by atoms with Crippen molar-refractivity contribution in [3.63, 3.8) is 0 Å². The van der Waals surface area contributed by atoms with Gasteiger partial charge in [-0.15, -0.1) is 0 Å². The third kappa shape index (κ3) is 7.92. The van der Waals surface area contributed by atoms with E-state index in [4.69, 9.17) is 9.47 Å². The van der Waals surface area contributed by atoms with Crippen molar-refractivity contribution >= 4 is 0 Å². The second-order valence-electron chi connectivity index (χ2n) is 1.79. The minimum Gasteiger partial charge on any atom is -0.355 e. The van der Waals surface area contributed by atoms with Gasteiger partial charge in [-0.05, 0) is 13.3 Å². The van der Waals surface area contributed by atoms with Gasteiger partial charge in [0.25, 0.3) is 0 Å². The highest BCUT2D eigenvalue weighted by Gasteiger charge is 1.83. The lowest BCUT2D eigenvalue weighted by atomic mass is 10.4. The number of rotatable bonds is 6. The van der Waals surface area contributed by atoms with E-state index in [1.807, 2.05) is 0 Å². The molecule has 0 saturated heterocycles. The minimum absolute atomic E-state index is 0.392. The van der Waals surface area contributed by atoms with Gasteiger partial charge in [0.15, 0.2) is 0 Å². The number of hydrogen-bond donors (Lipinski definition) is 0. The Morgan fingerprint density at radius 1 is 1.33 bits per heavy atom. The normalized spacial score (nSPS) is 10.0. The van der Waals surface area contributed by atoms with Crippen molar-refractivity contribution in [2.24, 2.45) is 0 Å². The molecule has 0 bridgehead atoms. The molecule has 0 spiro atoms. The molecule has 2 heteroatoms. The lowest BCUT2D eigenvalue weighted by molar-refractivity contribution is -0.0451. The smallest absolute Gasteiger partial charge is 0.146 e. The van der Waals surface area contributed by atoms with Gasteiger partial charge in [-0.25, -0.2) is 0 Å². The zero-order valence-electron chi connectivity index (χ0n) is 6.06. The van der Waals surface area contributed by atoms with Crippen molar-refractivity contribution < 1.29 is 9.47 Å². The van der Waals surface area contributed by atoms with Gasteiger partial charge in [-0.1, -0.05) is 13.3 Å². The third-order valence-corrected chi connectivity index (χ3v) is 0.953. The number of unbranched alkanes of at least 4 members (excludes halogenated alkanes) is 1. The van der Waals surface area contributed by atoms with Crippen molar-refractivity contribution in [3.05, 3.63) is 6.92 Å². The topological polar surface area (TPSA) is 18.5 Å². The predicted octanol–water partition coefficient (Wildman–Crippen LogP) is 1.61. The van der Waals surface area contributed by atoms with Crippen molar-refractivity contribution in [2.45, 2.75) is 19.8 Å². The Hall–Kier alpha value is -0.0800. The highest BCUT2D eigenvalue weighted by Crippen LogP contribution is 1.87. The molecule has 0 unspecified atom stereocenters. The van der Waals surface area contributed by atoms with Gasteiger partial charge in [-0.3, -0.25) is 0 Å². The van der Waals surface area contributed by atoms with Crippen LogP contribution in [0.4, 0.5) is 0 Å². The van der Waals surface area contributed by atoms with E-state index in [-0.39, 0.29) is 0 Å². The van der Waals surface area contributed by atoms with Gasteiger partial charge in [-0.2, -0.15) is 0 Å². The molecule has 9 heavy (non-hydrogen) atoms. The molecule has 0 amide bonds. The maximum Gasteiger partial charge on any atom is 0.146 e. The second-order valence-corrected chi connectivity index (χ2v) is 1.79. The van der Waals surface area contributed by atoms with Crippen LogP contribution in [0.3, 0.4) is 0 Å². The van der Waals surface area contributed by atoms with Gasteiger partial charge >= 0.3 is 0 Å². The van der Waals surface area contributed by atoms with E-state index in [0.717, 1.165) is 13.0 Å². The van der Waals surface area contributed by atoms with Crippen molar-refractivity contribution in [3.8, 4) is 0 Å². The third-order valence-electron chi connectivity index (χ3n) is 0.953. The maximum absolute atomic E-state index is 5.05. The van der Waals surface area contributed by atoms with E-state index in [1.54, 1.807) is 0 Å². The molecule has 0 saturated carbocycles. The average Bonchev–Trinajstić information content (AvgIpc) is 1.89. The maximum atomic E-state index is 5.05. The highest BCUT2D eigenvalue weighted by molar-refractivity contribution is 4.29. The molecule has 1 radical (unpaired) electrons. The Balaban J connectivity index is 2.60. The molecule has 0 aliphatic heterocycles. The lowest BCUT2D eigenvalue weighted by Crippen LogP contribution is -2.00. The Bertz CT molecular complexity index is 40.2. The van der Waals surface area contributed by atoms with E-state index in [9.17, 15) is 0 Å². The molecule has 0 heterocycles. The lowest BCUT2D eigenvalue weighted by Gasteiger charge is -2.00. The van der Waals surface area contributed by atoms with Crippen molar-refractivity contribution in [1.29, 1.82) is 0 Å². The second kappa shape index (κ2) is 7.92. The minimum atomic E-state index is 0.392. The standard InChI is InChI=1S/C7H15O2/c1-3-5-6-9-7-8-4-2/h2-7H2,1H3. The molecule has 0 aliphatic rings. The molecule has 0 N–H and O–H groups in total. The van der Waals surface area contributed by atoms with E-state index in [2.05, 4.69) is 13.8 Å². The van der Waals surface area contributed by atoms with Gasteiger partial charge in [0.1, 0.15) is 6.79 Å². The molecule has 0 fully saturated rings. The van der Waals surface area contributed by atoms with Crippen molar-refractivity contribution in [1.82, 2.24) is 0 Å². The SMILES string of the molecule is [CH2]COCOCCCC. The van der Waals surface area contributed by atoms with Crippen LogP contribution in [0.5, 0.6) is 0 Å². The first kappa shape index (κ1) is 8.92. The zero-order valence-corrected chi connectivity index (χ0v) is 6.06. The number of hydrogen-bond acceptors (Lipinski definition) is 2. The van der Waals surface area contributed by atoms with Crippen LogP contribution in [0.1, 0.15) is 19.8 Å². The summed E-state index contributed by atoms with van der Waals surface area (Å²) >= 11 is 0. The quantitative estimate of drug-likeness (QED) is 0.403. The molecule has 0 aromatic heterocycles. The summed E-state index contributed by atoms with van der Waals surface area (Å²) in [5, 5.41) is 0. The Morgan fingerprint density at radius 2 is 2.11 bits per heavy atom. The Labute approximate surface area is 57.2 Å². The summed E-state index contributed by atoms with van der Waals surface area (Å²) in [5.41, 5.74) is 0. The molecule has 0 aromatic rings. The first-order valence-corrected chi connectivity index (χ1v) is 3.36. The van der Waals surface area contributed by atoms with Crippen LogP contribution in [-0.4, -0.2) is 20.0 Å². The monoisotopic (exact) mass is 131 g/mol. The van der Waals surface area contributed by atoms with Crippen LogP contribution in [0.15, 0.2) is 0 Å². The van der Waals surface area contributed by atoms with Gasteiger partial charge in [0.05, 0.1) is 0 Å². The van der Waals surface area contributed by atoms with Gasteiger partial charge in [0.2, 0.25) is 0 Å². The molecular formula is C7H15O2. The van der Waals surface area contributed by atoms with E-state index < -0.39 is 0 Å². The first-order chi connectivity index (χ1) is 4.41. The average molecular weight is 131 g/mol. The summed E-state index contributed by atoms with van der Waals surface area (Å²) in [6.07, 6.45) is 2.28. The van der Waals surface area contributed by atoms with Gasteiger partial charge in [0, 0.05) is 13.2 Å². The zero-order chi connectivity index (χ0) is 6.95. The van der Waals surface area contributed by atoms with Crippen LogP contribution < -0.4 is 0 Å². The van der Waals surface area contributed by atoms with Crippen LogP contribution in [0.2, 0.25) is 0 Å².